The lowest BCUT2D eigenvalue weighted by atomic mass is 10.1. The third-order valence-corrected chi connectivity index (χ3v) is 4.00. The number of amides is 1. The van der Waals surface area contributed by atoms with Crippen molar-refractivity contribution in [3.05, 3.63) is 41.6 Å². The van der Waals surface area contributed by atoms with Crippen molar-refractivity contribution in [3.63, 3.8) is 0 Å². The fraction of sp³-hybridized carbons (Fsp3) is 0.312. The van der Waals surface area contributed by atoms with Gasteiger partial charge in [0, 0.05) is 5.69 Å². The van der Waals surface area contributed by atoms with Crippen molar-refractivity contribution >= 4 is 34.1 Å². The van der Waals surface area contributed by atoms with E-state index in [2.05, 4.69) is 9.69 Å². The number of esters is 1. The fourth-order valence-electron chi connectivity index (χ4n) is 2.04. The van der Waals surface area contributed by atoms with E-state index in [1.54, 1.807) is 19.1 Å². The fourth-order valence-corrected chi connectivity index (χ4v) is 2.69. The summed E-state index contributed by atoms with van der Waals surface area (Å²) >= 11 is 1.03. The molecule has 0 spiro atoms. The number of carbonyl (C=O) groups excluding carboxylic acids is 2. The van der Waals surface area contributed by atoms with E-state index in [1.807, 2.05) is 32.0 Å². The number of aryl methyl sites for hydroxylation is 1. The van der Waals surface area contributed by atoms with E-state index < -0.39 is 12.1 Å². The zero-order chi connectivity index (χ0) is 17.0. The quantitative estimate of drug-likeness (QED) is 0.821. The summed E-state index contributed by atoms with van der Waals surface area (Å²) in [7, 11) is 0. The first-order valence-electron chi connectivity index (χ1n) is 7.18. The lowest BCUT2D eigenvalue weighted by Crippen LogP contribution is -2.36. The van der Waals surface area contributed by atoms with Gasteiger partial charge in [0.2, 0.25) is 0 Å². The Labute approximate surface area is 138 Å². The minimum absolute atomic E-state index is 0.184. The third kappa shape index (κ3) is 4.07. The van der Waals surface area contributed by atoms with Gasteiger partial charge in [-0.1, -0.05) is 32.0 Å². The van der Waals surface area contributed by atoms with Crippen LogP contribution in [0.3, 0.4) is 0 Å². The van der Waals surface area contributed by atoms with Gasteiger partial charge in [-0.15, -0.1) is 0 Å². The molecule has 3 N–H and O–H groups in total. The molecule has 1 heterocycles. The first kappa shape index (κ1) is 17.0. The van der Waals surface area contributed by atoms with Gasteiger partial charge in [0.1, 0.15) is 10.6 Å². The Morgan fingerprint density at radius 3 is 2.43 bits per heavy atom. The van der Waals surface area contributed by atoms with Crippen molar-refractivity contribution in [3.8, 4) is 0 Å². The minimum Gasteiger partial charge on any atom is -0.448 e. The van der Waals surface area contributed by atoms with Gasteiger partial charge in [-0.3, -0.25) is 4.79 Å². The van der Waals surface area contributed by atoms with E-state index in [1.165, 1.54) is 0 Å². The molecule has 2 rings (SSSR count). The number of rotatable bonds is 5. The number of nitrogen functional groups attached to an aromatic ring is 1. The second kappa shape index (κ2) is 7.23. The monoisotopic (exact) mass is 333 g/mol. The van der Waals surface area contributed by atoms with Crippen LogP contribution in [-0.2, 0) is 9.53 Å². The largest absolute Gasteiger partial charge is 0.448 e. The maximum Gasteiger partial charge on any atom is 0.343 e. The Morgan fingerprint density at radius 1 is 1.26 bits per heavy atom. The van der Waals surface area contributed by atoms with E-state index in [4.69, 9.17) is 10.5 Å². The van der Waals surface area contributed by atoms with Crippen LogP contribution in [0.1, 0.15) is 29.9 Å². The molecule has 1 aromatic heterocycles. The molecule has 0 aliphatic carbocycles. The number of ether oxygens (including phenoxy) is 1. The molecular formula is C16H19N3O3S. The summed E-state index contributed by atoms with van der Waals surface area (Å²) in [5, 5.41) is 3.03. The van der Waals surface area contributed by atoms with Crippen molar-refractivity contribution in [1.29, 1.82) is 0 Å². The molecule has 0 saturated heterocycles. The molecule has 122 valence electrons. The van der Waals surface area contributed by atoms with Crippen molar-refractivity contribution in [2.24, 2.45) is 5.92 Å². The van der Waals surface area contributed by atoms with Gasteiger partial charge in [-0.2, -0.15) is 4.37 Å². The number of anilines is 2. The molecule has 0 bridgehead atoms. The highest BCUT2D eigenvalue weighted by atomic mass is 32.1. The molecule has 0 aliphatic rings. The van der Waals surface area contributed by atoms with Crippen LogP contribution >= 0.6 is 11.5 Å². The number of carbonyl (C=O) groups is 2. The summed E-state index contributed by atoms with van der Waals surface area (Å²) in [6.45, 7) is 5.30. The number of nitrogens with two attached hydrogens (primary N) is 1. The molecule has 0 radical (unpaired) electrons. The molecule has 2 aromatic rings. The molecule has 1 amide bonds. The maximum atomic E-state index is 12.4. The predicted molar refractivity (Wildman–Crippen MR) is 90.4 cm³/mol. The predicted octanol–water partition coefficient (Wildman–Crippen LogP) is 2.85. The third-order valence-electron chi connectivity index (χ3n) is 3.23. The molecule has 0 fully saturated rings. The average Bonchev–Trinajstić information content (AvgIpc) is 2.84. The van der Waals surface area contributed by atoms with E-state index >= 15 is 0 Å². The van der Waals surface area contributed by atoms with Gasteiger partial charge >= 0.3 is 5.97 Å². The molecule has 1 unspecified atom stereocenters. The van der Waals surface area contributed by atoms with Gasteiger partial charge in [-0.05, 0) is 36.5 Å². The summed E-state index contributed by atoms with van der Waals surface area (Å²) in [4.78, 5) is 24.7. The highest BCUT2D eigenvalue weighted by molar-refractivity contribution is 7.10. The van der Waals surface area contributed by atoms with Crippen LogP contribution in [0, 0.1) is 12.8 Å². The summed E-state index contributed by atoms with van der Waals surface area (Å²) in [5.41, 5.74) is 7.13. The van der Waals surface area contributed by atoms with Crippen LogP contribution in [0.25, 0.3) is 0 Å². The van der Waals surface area contributed by atoms with Crippen LogP contribution in [0.5, 0.6) is 0 Å². The molecule has 0 saturated carbocycles. The van der Waals surface area contributed by atoms with Gasteiger partial charge in [-0.25, -0.2) is 4.79 Å². The van der Waals surface area contributed by atoms with Crippen molar-refractivity contribution in [2.75, 3.05) is 11.1 Å². The van der Waals surface area contributed by atoms with E-state index in [0.29, 0.717) is 16.4 Å². The standard InChI is InChI=1S/C16H19N3O3S/c1-9(2)13(15(20)18-11-7-5-4-6-8-11)22-16(21)12-10(3)19-23-14(12)17/h4-9,13H,17H2,1-3H3,(H,18,20). The molecule has 23 heavy (non-hydrogen) atoms. The van der Waals surface area contributed by atoms with Crippen molar-refractivity contribution in [1.82, 2.24) is 4.37 Å². The summed E-state index contributed by atoms with van der Waals surface area (Å²) in [6.07, 6.45) is -0.915. The van der Waals surface area contributed by atoms with Crippen LogP contribution in [0.15, 0.2) is 30.3 Å². The first-order valence-corrected chi connectivity index (χ1v) is 7.96. The maximum absolute atomic E-state index is 12.4. The summed E-state index contributed by atoms with van der Waals surface area (Å²) in [5.74, 6) is -1.19. The van der Waals surface area contributed by atoms with E-state index in [0.717, 1.165) is 11.5 Å². The molecule has 0 aliphatic heterocycles. The Kier molecular flexibility index (Phi) is 5.33. The Hall–Kier alpha value is -2.41. The van der Waals surface area contributed by atoms with Crippen LogP contribution < -0.4 is 11.1 Å². The molecular weight excluding hydrogens is 314 g/mol. The number of hydrogen-bond donors (Lipinski definition) is 2. The van der Waals surface area contributed by atoms with Crippen LogP contribution in [-0.4, -0.2) is 22.4 Å². The van der Waals surface area contributed by atoms with Crippen molar-refractivity contribution in [2.45, 2.75) is 26.9 Å². The molecule has 1 atom stereocenters. The second-order valence-electron chi connectivity index (χ2n) is 5.43. The SMILES string of the molecule is Cc1nsc(N)c1C(=O)OC(C(=O)Nc1ccccc1)C(C)C. The van der Waals surface area contributed by atoms with Gasteiger partial charge < -0.3 is 15.8 Å². The summed E-state index contributed by atoms with van der Waals surface area (Å²) < 4.78 is 9.40. The van der Waals surface area contributed by atoms with Crippen LogP contribution in [0.4, 0.5) is 10.7 Å². The number of nitrogens with one attached hydrogen (secondary N) is 1. The lowest BCUT2D eigenvalue weighted by molar-refractivity contribution is -0.126. The normalized spacial score (nSPS) is 12.0. The molecule has 1 aromatic carbocycles. The Morgan fingerprint density at radius 2 is 1.91 bits per heavy atom. The number of hydrogen-bond acceptors (Lipinski definition) is 6. The van der Waals surface area contributed by atoms with Gasteiger partial charge in [0.15, 0.2) is 6.10 Å². The highest BCUT2D eigenvalue weighted by Gasteiger charge is 2.29. The lowest BCUT2D eigenvalue weighted by Gasteiger charge is -2.20. The molecule has 6 nitrogen and oxygen atoms in total. The zero-order valence-corrected chi connectivity index (χ0v) is 14.0. The first-order chi connectivity index (χ1) is 10.9. The highest BCUT2D eigenvalue weighted by Crippen LogP contribution is 2.23. The number of benzene rings is 1. The molecule has 7 heteroatoms. The van der Waals surface area contributed by atoms with Crippen molar-refractivity contribution < 1.29 is 14.3 Å². The van der Waals surface area contributed by atoms with E-state index in [9.17, 15) is 9.59 Å². The second-order valence-corrected chi connectivity index (χ2v) is 6.24. The Balaban J connectivity index is 2.12. The topological polar surface area (TPSA) is 94.3 Å². The number of nitrogens with zero attached hydrogens (tertiary/aromatic N) is 1. The van der Waals surface area contributed by atoms with Gasteiger partial charge in [0.05, 0.1) is 5.69 Å². The Bertz CT molecular complexity index is 678. The minimum atomic E-state index is -0.915. The number of para-hydroxylation sites is 1. The van der Waals surface area contributed by atoms with Gasteiger partial charge in [0.25, 0.3) is 5.91 Å². The van der Waals surface area contributed by atoms with Crippen LogP contribution in [0.2, 0.25) is 0 Å². The smallest absolute Gasteiger partial charge is 0.343 e. The number of aromatic nitrogens is 1. The van der Waals surface area contributed by atoms with E-state index in [-0.39, 0.29) is 17.4 Å². The average molecular weight is 333 g/mol. The zero-order valence-electron chi connectivity index (χ0n) is 13.2. The summed E-state index contributed by atoms with van der Waals surface area (Å²) in [6, 6.07) is 9.01.